The molecular weight excluding hydrogens is 298 g/mol. The molecule has 124 valence electrons. The number of aliphatic hydroxyl groups is 1. The van der Waals surface area contributed by atoms with Crippen LogP contribution in [0.15, 0.2) is 29.2 Å². The van der Waals surface area contributed by atoms with Gasteiger partial charge in [0.2, 0.25) is 0 Å². The van der Waals surface area contributed by atoms with Crippen molar-refractivity contribution in [2.75, 3.05) is 12.8 Å². The van der Waals surface area contributed by atoms with Crippen LogP contribution < -0.4 is 5.32 Å². The Kier molecular flexibility index (Phi) is 5.30. The highest BCUT2D eigenvalue weighted by molar-refractivity contribution is 7.90. The van der Waals surface area contributed by atoms with Crippen LogP contribution in [0.5, 0.6) is 0 Å². The van der Waals surface area contributed by atoms with Gasteiger partial charge in [-0.2, -0.15) is 0 Å². The standard InChI is InChI=1S/C17H27NO3S/c1-13-6-4-5-7-16(13)18-12-17(2,19)14-8-10-15(11-9-14)22(3,20)21/h8-11,13,16,18-19H,4-7,12H2,1-3H3/t13-,16+,17-/m1/s1. The smallest absolute Gasteiger partial charge is 0.175 e. The van der Waals surface area contributed by atoms with Gasteiger partial charge in [-0.3, -0.25) is 0 Å². The molecule has 2 N–H and O–H groups in total. The van der Waals surface area contributed by atoms with Crippen molar-refractivity contribution >= 4 is 9.84 Å². The summed E-state index contributed by atoms with van der Waals surface area (Å²) in [5.74, 6) is 0.636. The van der Waals surface area contributed by atoms with E-state index >= 15 is 0 Å². The fourth-order valence-corrected chi connectivity index (χ4v) is 3.74. The molecular formula is C17H27NO3S. The van der Waals surface area contributed by atoms with Gasteiger partial charge in [-0.1, -0.05) is 31.9 Å². The van der Waals surface area contributed by atoms with Crippen molar-refractivity contribution in [1.82, 2.24) is 5.32 Å². The van der Waals surface area contributed by atoms with E-state index in [0.717, 1.165) is 12.0 Å². The maximum atomic E-state index is 11.5. The highest BCUT2D eigenvalue weighted by Gasteiger charge is 2.27. The second kappa shape index (κ2) is 6.69. The Morgan fingerprint density at radius 3 is 2.36 bits per heavy atom. The van der Waals surface area contributed by atoms with Gasteiger partial charge < -0.3 is 10.4 Å². The fourth-order valence-electron chi connectivity index (χ4n) is 3.11. The Bertz CT molecular complexity index is 593. The lowest BCUT2D eigenvalue weighted by molar-refractivity contribution is 0.0494. The average Bonchev–Trinajstić information content (AvgIpc) is 2.46. The first-order valence-electron chi connectivity index (χ1n) is 7.96. The van der Waals surface area contributed by atoms with Crippen LogP contribution in [-0.2, 0) is 15.4 Å². The Balaban J connectivity index is 2.03. The van der Waals surface area contributed by atoms with E-state index in [1.54, 1.807) is 31.2 Å². The summed E-state index contributed by atoms with van der Waals surface area (Å²) >= 11 is 0. The van der Waals surface area contributed by atoms with Gasteiger partial charge in [-0.15, -0.1) is 0 Å². The van der Waals surface area contributed by atoms with Crippen molar-refractivity contribution in [3.05, 3.63) is 29.8 Å². The summed E-state index contributed by atoms with van der Waals surface area (Å²) in [6, 6.07) is 6.96. The van der Waals surface area contributed by atoms with Gasteiger partial charge in [-0.05, 0) is 43.4 Å². The molecule has 2 rings (SSSR count). The van der Waals surface area contributed by atoms with Crippen LogP contribution in [0.2, 0.25) is 0 Å². The minimum absolute atomic E-state index is 0.279. The quantitative estimate of drug-likeness (QED) is 0.873. The molecule has 1 aromatic carbocycles. The molecule has 22 heavy (non-hydrogen) atoms. The number of hydrogen-bond acceptors (Lipinski definition) is 4. The molecule has 0 heterocycles. The monoisotopic (exact) mass is 325 g/mol. The van der Waals surface area contributed by atoms with Crippen molar-refractivity contribution in [1.29, 1.82) is 0 Å². The minimum atomic E-state index is -3.20. The predicted octanol–water partition coefficient (Wildman–Crippen LogP) is 2.47. The van der Waals surface area contributed by atoms with Crippen LogP contribution in [0.3, 0.4) is 0 Å². The minimum Gasteiger partial charge on any atom is -0.384 e. The first-order valence-corrected chi connectivity index (χ1v) is 9.86. The lowest BCUT2D eigenvalue weighted by atomic mass is 9.85. The summed E-state index contributed by atoms with van der Waals surface area (Å²) in [5, 5.41) is 14.2. The molecule has 1 saturated carbocycles. The second-order valence-corrected chi connectivity index (χ2v) is 8.84. The normalized spacial score (nSPS) is 25.6. The molecule has 0 aromatic heterocycles. The topological polar surface area (TPSA) is 66.4 Å². The van der Waals surface area contributed by atoms with E-state index in [2.05, 4.69) is 12.2 Å². The number of nitrogens with one attached hydrogen (secondary N) is 1. The Hall–Kier alpha value is -0.910. The van der Waals surface area contributed by atoms with Crippen molar-refractivity contribution < 1.29 is 13.5 Å². The summed E-state index contributed by atoms with van der Waals surface area (Å²) in [7, 11) is -3.20. The van der Waals surface area contributed by atoms with Gasteiger partial charge in [0.15, 0.2) is 9.84 Å². The van der Waals surface area contributed by atoms with Gasteiger partial charge in [0.05, 0.1) is 10.5 Å². The van der Waals surface area contributed by atoms with E-state index in [-0.39, 0.29) is 4.90 Å². The number of rotatable bonds is 5. The van der Waals surface area contributed by atoms with Crippen LogP contribution in [0.25, 0.3) is 0 Å². The fraction of sp³-hybridized carbons (Fsp3) is 0.647. The molecule has 5 heteroatoms. The Labute approximate surface area is 133 Å². The average molecular weight is 325 g/mol. The predicted molar refractivity (Wildman–Crippen MR) is 88.5 cm³/mol. The summed E-state index contributed by atoms with van der Waals surface area (Å²) in [5.41, 5.74) is -0.274. The second-order valence-electron chi connectivity index (χ2n) is 6.82. The Morgan fingerprint density at radius 1 is 1.23 bits per heavy atom. The Morgan fingerprint density at radius 2 is 1.82 bits per heavy atom. The molecule has 1 aliphatic carbocycles. The maximum absolute atomic E-state index is 11.5. The summed E-state index contributed by atoms with van der Waals surface area (Å²) < 4.78 is 23.0. The van der Waals surface area contributed by atoms with Gasteiger partial charge in [0.25, 0.3) is 0 Å². The van der Waals surface area contributed by atoms with Crippen LogP contribution in [0, 0.1) is 5.92 Å². The number of hydrogen-bond donors (Lipinski definition) is 2. The summed E-state index contributed by atoms with van der Waals surface area (Å²) in [4.78, 5) is 0.279. The van der Waals surface area contributed by atoms with Gasteiger partial charge in [0.1, 0.15) is 0 Å². The molecule has 1 aliphatic rings. The zero-order valence-corrected chi connectivity index (χ0v) is 14.5. The van der Waals surface area contributed by atoms with E-state index in [0.29, 0.717) is 18.5 Å². The third-order valence-electron chi connectivity index (χ3n) is 4.72. The highest BCUT2D eigenvalue weighted by Crippen LogP contribution is 2.26. The van der Waals surface area contributed by atoms with Crippen molar-refractivity contribution in [3.63, 3.8) is 0 Å². The molecule has 0 unspecified atom stereocenters. The van der Waals surface area contributed by atoms with Crippen molar-refractivity contribution in [3.8, 4) is 0 Å². The molecule has 1 aromatic rings. The third kappa shape index (κ3) is 4.31. The molecule has 3 atom stereocenters. The van der Waals surface area contributed by atoms with E-state index in [9.17, 15) is 13.5 Å². The summed E-state index contributed by atoms with van der Waals surface area (Å²) in [6.07, 6.45) is 6.12. The number of benzene rings is 1. The lowest BCUT2D eigenvalue weighted by Gasteiger charge is -2.33. The summed E-state index contributed by atoms with van der Waals surface area (Å²) in [6.45, 7) is 4.50. The van der Waals surface area contributed by atoms with Crippen molar-refractivity contribution in [2.45, 2.75) is 56.1 Å². The molecule has 1 fully saturated rings. The van der Waals surface area contributed by atoms with Gasteiger partial charge in [0, 0.05) is 18.8 Å². The van der Waals surface area contributed by atoms with Crippen molar-refractivity contribution in [2.24, 2.45) is 5.92 Å². The van der Waals surface area contributed by atoms with Crippen LogP contribution >= 0.6 is 0 Å². The van der Waals surface area contributed by atoms with E-state index in [1.165, 1.54) is 25.5 Å². The van der Waals surface area contributed by atoms with Gasteiger partial charge >= 0.3 is 0 Å². The van der Waals surface area contributed by atoms with Crippen LogP contribution in [0.4, 0.5) is 0 Å². The molecule has 0 spiro atoms. The molecule has 0 saturated heterocycles. The van der Waals surface area contributed by atoms with E-state index in [1.807, 2.05) is 0 Å². The molecule has 4 nitrogen and oxygen atoms in total. The van der Waals surface area contributed by atoms with Crippen LogP contribution in [-0.4, -0.2) is 32.4 Å². The van der Waals surface area contributed by atoms with Crippen LogP contribution in [0.1, 0.15) is 45.1 Å². The zero-order valence-electron chi connectivity index (χ0n) is 13.7. The molecule has 0 bridgehead atoms. The first kappa shape index (κ1) is 17.4. The lowest BCUT2D eigenvalue weighted by Crippen LogP contribution is -2.44. The largest absolute Gasteiger partial charge is 0.384 e. The highest BCUT2D eigenvalue weighted by atomic mass is 32.2. The van der Waals surface area contributed by atoms with E-state index < -0.39 is 15.4 Å². The zero-order chi connectivity index (χ0) is 16.4. The molecule has 0 aliphatic heterocycles. The molecule has 0 radical (unpaired) electrons. The third-order valence-corrected chi connectivity index (χ3v) is 5.85. The van der Waals surface area contributed by atoms with Gasteiger partial charge in [-0.25, -0.2) is 8.42 Å². The number of sulfone groups is 1. The first-order chi connectivity index (χ1) is 10.2. The maximum Gasteiger partial charge on any atom is 0.175 e. The van der Waals surface area contributed by atoms with E-state index in [4.69, 9.17) is 0 Å². The SMILES string of the molecule is C[C@@H]1CCCC[C@@H]1NC[C@@](C)(O)c1ccc(S(C)(=O)=O)cc1. The molecule has 0 amide bonds.